The van der Waals surface area contributed by atoms with Gasteiger partial charge in [0.05, 0.1) is 0 Å². The molecule has 2 atom stereocenters. The predicted octanol–water partition coefficient (Wildman–Crippen LogP) is 2.57. The SMILES string of the molecule is CCNC(CCN1CCC(CCO)C1)c1cccc(F)c1. The molecule has 0 radical (unpaired) electrons. The number of hydrogen-bond donors (Lipinski definition) is 2. The van der Waals surface area contributed by atoms with Crippen LogP contribution in [0.25, 0.3) is 0 Å². The highest BCUT2D eigenvalue weighted by Gasteiger charge is 2.22. The van der Waals surface area contributed by atoms with Crippen LogP contribution in [0.4, 0.5) is 4.39 Å². The first-order chi connectivity index (χ1) is 10.2. The van der Waals surface area contributed by atoms with Crippen LogP contribution < -0.4 is 5.32 Å². The second-order valence-electron chi connectivity index (χ2n) is 5.92. The number of nitrogens with one attached hydrogen (secondary N) is 1. The van der Waals surface area contributed by atoms with Gasteiger partial charge in [-0.2, -0.15) is 0 Å². The monoisotopic (exact) mass is 294 g/mol. The Kier molecular flexibility index (Phi) is 6.61. The standard InChI is InChI=1S/C17H27FN2O/c1-2-19-17(15-4-3-5-16(18)12-15)7-10-20-9-6-14(13-20)8-11-21/h3-5,12,14,17,19,21H,2,6-11,13H2,1H3. The Balaban J connectivity index is 1.86. The Morgan fingerprint density at radius 1 is 1.48 bits per heavy atom. The maximum atomic E-state index is 13.4. The Morgan fingerprint density at radius 2 is 2.33 bits per heavy atom. The number of nitrogens with zero attached hydrogens (tertiary/aromatic N) is 1. The first-order valence-corrected chi connectivity index (χ1v) is 8.05. The Bertz CT molecular complexity index is 427. The number of aliphatic hydroxyl groups excluding tert-OH is 1. The quantitative estimate of drug-likeness (QED) is 0.773. The van der Waals surface area contributed by atoms with Gasteiger partial charge in [-0.15, -0.1) is 0 Å². The van der Waals surface area contributed by atoms with E-state index in [0.717, 1.165) is 44.6 Å². The lowest BCUT2D eigenvalue weighted by Gasteiger charge is -2.22. The van der Waals surface area contributed by atoms with Crippen LogP contribution in [0.2, 0.25) is 0 Å². The second-order valence-corrected chi connectivity index (χ2v) is 5.92. The van der Waals surface area contributed by atoms with E-state index < -0.39 is 0 Å². The smallest absolute Gasteiger partial charge is 0.123 e. The summed E-state index contributed by atoms with van der Waals surface area (Å²) in [5.41, 5.74) is 1.03. The number of halogens is 1. The maximum absolute atomic E-state index is 13.4. The molecule has 1 aromatic carbocycles. The van der Waals surface area contributed by atoms with E-state index in [9.17, 15) is 4.39 Å². The third-order valence-corrected chi connectivity index (χ3v) is 4.34. The molecule has 2 unspecified atom stereocenters. The van der Waals surface area contributed by atoms with Gasteiger partial charge in [0.1, 0.15) is 5.82 Å². The minimum absolute atomic E-state index is 0.167. The van der Waals surface area contributed by atoms with Crippen LogP contribution in [0, 0.1) is 11.7 Å². The van der Waals surface area contributed by atoms with E-state index >= 15 is 0 Å². The van der Waals surface area contributed by atoms with E-state index in [1.54, 1.807) is 12.1 Å². The summed E-state index contributed by atoms with van der Waals surface area (Å²) in [4.78, 5) is 2.46. The van der Waals surface area contributed by atoms with Crippen LogP contribution in [0.1, 0.15) is 37.8 Å². The average Bonchev–Trinajstić information content (AvgIpc) is 2.91. The van der Waals surface area contributed by atoms with Crippen LogP contribution in [0.5, 0.6) is 0 Å². The van der Waals surface area contributed by atoms with Crippen molar-refractivity contribution in [3.05, 3.63) is 35.6 Å². The molecule has 2 rings (SSSR count). The van der Waals surface area contributed by atoms with Crippen molar-refractivity contribution in [3.8, 4) is 0 Å². The van der Waals surface area contributed by atoms with Gasteiger partial charge in [-0.1, -0.05) is 19.1 Å². The van der Waals surface area contributed by atoms with Crippen molar-refractivity contribution in [2.75, 3.05) is 32.8 Å². The highest BCUT2D eigenvalue weighted by Crippen LogP contribution is 2.22. The van der Waals surface area contributed by atoms with Gasteiger partial charge in [0, 0.05) is 19.2 Å². The van der Waals surface area contributed by atoms with E-state index in [2.05, 4.69) is 17.1 Å². The minimum atomic E-state index is -0.167. The molecule has 1 aromatic rings. The summed E-state index contributed by atoms with van der Waals surface area (Å²) in [5.74, 6) is 0.473. The third-order valence-electron chi connectivity index (χ3n) is 4.34. The molecule has 118 valence electrons. The Hall–Kier alpha value is -0.970. The van der Waals surface area contributed by atoms with Gasteiger partial charge in [-0.3, -0.25) is 0 Å². The van der Waals surface area contributed by atoms with Gasteiger partial charge >= 0.3 is 0 Å². The zero-order valence-electron chi connectivity index (χ0n) is 12.9. The van der Waals surface area contributed by atoms with Crippen molar-refractivity contribution in [3.63, 3.8) is 0 Å². The van der Waals surface area contributed by atoms with Crippen LogP contribution in [0.15, 0.2) is 24.3 Å². The number of likely N-dealkylation sites (tertiary alicyclic amines) is 1. The molecule has 0 bridgehead atoms. The highest BCUT2D eigenvalue weighted by molar-refractivity contribution is 5.20. The van der Waals surface area contributed by atoms with Crippen LogP contribution in [0.3, 0.4) is 0 Å². The van der Waals surface area contributed by atoms with E-state index in [-0.39, 0.29) is 11.9 Å². The van der Waals surface area contributed by atoms with Gasteiger partial charge < -0.3 is 15.3 Å². The van der Waals surface area contributed by atoms with Gasteiger partial charge in [0.2, 0.25) is 0 Å². The molecule has 0 spiro atoms. The van der Waals surface area contributed by atoms with Crippen molar-refractivity contribution in [2.24, 2.45) is 5.92 Å². The van der Waals surface area contributed by atoms with E-state index in [1.165, 1.54) is 12.5 Å². The van der Waals surface area contributed by atoms with Gasteiger partial charge in [0.15, 0.2) is 0 Å². The first kappa shape index (κ1) is 16.4. The lowest BCUT2D eigenvalue weighted by atomic mass is 10.0. The van der Waals surface area contributed by atoms with Gasteiger partial charge in [-0.25, -0.2) is 4.39 Å². The largest absolute Gasteiger partial charge is 0.396 e. The topological polar surface area (TPSA) is 35.5 Å². The number of aliphatic hydroxyl groups is 1. The Labute approximate surface area is 127 Å². The summed E-state index contributed by atoms with van der Waals surface area (Å²) in [6, 6.07) is 7.11. The minimum Gasteiger partial charge on any atom is -0.396 e. The number of rotatable bonds is 8. The van der Waals surface area contributed by atoms with Gasteiger partial charge in [0.25, 0.3) is 0 Å². The fraction of sp³-hybridized carbons (Fsp3) is 0.647. The lowest BCUT2D eigenvalue weighted by molar-refractivity contribution is 0.248. The molecule has 0 saturated carbocycles. The first-order valence-electron chi connectivity index (χ1n) is 8.05. The van der Waals surface area contributed by atoms with Crippen molar-refractivity contribution < 1.29 is 9.50 Å². The molecule has 1 heterocycles. The molecule has 3 nitrogen and oxygen atoms in total. The van der Waals surface area contributed by atoms with Crippen LogP contribution >= 0.6 is 0 Å². The van der Waals surface area contributed by atoms with Crippen molar-refractivity contribution in [1.82, 2.24) is 10.2 Å². The fourth-order valence-electron chi connectivity index (χ4n) is 3.20. The summed E-state index contributed by atoms with van der Waals surface area (Å²) in [5, 5.41) is 12.5. The molecule has 2 N–H and O–H groups in total. The molecule has 4 heteroatoms. The average molecular weight is 294 g/mol. The molecular formula is C17H27FN2O. The number of hydrogen-bond acceptors (Lipinski definition) is 3. The van der Waals surface area contributed by atoms with Crippen LogP contribution in [-0.4, -0.2) is 42.8 Å². The summed E-state index contributed by atoms with van der Waals surface area (Å²) < 4.78 is 13.4. The van der Waals surface area contributed by atoms with E-state index in [0.29, 0.717) is 12.5 Å². The molecule has 1 aliphatic rings. The number of benzene rings is 1. The normalized spacial score (nSPS) is 20.8. The molecular weight excluding hydrogens is 267 g/mol. The molecule has 0 aliphatic carbocycles. The Morgan fingerprint density at radius 3 is 3.05 bits per heavy atom. The van der Waals surface area contributed by atoms with E-state index in [4.69, 9.17) is 5.11 Å². The highest BCUT2D eigenvalue weighted by atomic mass is 19.1. The fourth-order valence-corrected chi connectivity index (χ4v) is 3.20. The molecule has 0 aromatic heterocycles. The summed E-state index contributed by atoms with van der Waals surface area (Å²) in [7, 11) is 0. The maximum Gasteiger partial charge on any atom is 0.123 e. The molecule has 1 aliphatic heterocycles. The van der Waals surface area contributed by atoms with Crippen molar-refractivity contribution in [2.45, 2.75) is 32.2 Å². The summed E-state index contributed by atoms with van der Waals surface area (Å²) in [6.45, 7) is 6.49. The van der Waals surface area contributed by atoms with Crippen LogP contribution in [-0.2, 0) is 0 Å². The molecule has 21 heavy (non-hydrogen) atoms. The van der Waals surface area contributed by atoms with E-state index in [1.807, 2.05) is 6.07 Å². The summed E-state index contributed by atoms with van der Waals surface area (Å²) >= 11 is 0. The van der Waals surface area contributed by atoms with Gasteiger partial charge in [-0.05, 0) is 62.5 Å². The second kappa shape index (κ2) is 8.47. The third kappa shape index (κ3) is 5.06. The van der Waals surface area contributed by atoms with Crippen molar-refractivity contribution in [1.29, 1.82) is 0 Å². The predicted molar refractivity (Wildman–Crippen MR) is 83.7 cm³/mol. The summed E-state index contributed by atoms with van der Waals surface area (Å²) in [6.07, 6.45) is 3.09. The molecule has 1 saturated heterocycles. The lowest BCUT2D eigenvalue weighted by Crippen LogP contribution is -2.28. The van der Waals surface area contributed by atoms with Crippen molar-refractivity contribution >= 4 is 0 Å². The molecule has 0 amide bonds. The molecule has 1 fully saturated rings. The zero-order valence-corrected chi connectivity index (χ0v) is 12.9. The zero-order chi connectivity index (χ0) is 15.1.